The summed E-state index contributed by atoms with van der Waals surface area (Å²) in [6.07, 6.45) is 2.17. The molecule has 1 aliphatic rings. The van der Waals surface area contributed by atoms with Gasteiger partial charge in [-0.3, -0.25) is 0 Å². The van der Waals surface area contributed by atoms with Crippen LogP contribution in [0.15, 0.2) is 46.9 Å². The van der Waals surface area contributed by atoms with Crippen molar-refractivity contribution in [3.05, 3.63) is 63.8 Å². The molecule has 152 valence electrons. The number of methoxy groups -OCH3 is 1. The summed E-state index contributed by atoms with van der Waals surface area (Å²) < 4.78 is 17.7. The fraction of sp³-hybridized carbons (Fsp3) is 0.348. The van der Waals surface area contributed by atoms with Gasteiger partial charge in [-0.2, -0.15) is 0 Å². The first-order chi connectivity index (χ1) is 14.1. The van der Waals surface area contributed by atoms with Gasteiger partial charge < -0.3 is 19.2 Å². The molecule has 1 N–H and O–H groups in total. The largest absolute Gasteiger partial charge is 0.497 e. The molecule has 0 saturated heterocycles. The quantitative estimate of drug-likeness (QED) is 0.445. The molecule has 0 aliphatic heterocycles. The molecule has 1 saturated carbocycles. The molecule has 1 aromatic heterocycles. The molecule has 2 aromatic carbocycles. The van der Waals surface area contributed by atoms with Gasteiger partial charge in [-0.15, -0.1) is 0 Å². The number of nitrogens with one attached hydrogen (secondary N) is 1. The van der Waals surface area contributed by atoms with Crippen molar-refractivity contribution in [1.29, 1.82) is 0 Å². The lowest BCUT2D eigenvalue weighted by Gasteiger charge is -2.21. The zero-order valence-corrected chi connectivity index (χ0v) is 18.1. The molecule has 1 aliphatic carbocycles. The van der Waals surface area contributed by atoms with Crippen LogP contribution < -0.4 is 4.74 Å². The summed E-state index contributed by atoms with van der Waals surface area (Å²) >= 11 is 3.62. The van der Waals surface area contributed by atoms with Crippen molar-refractivity contribution in [2.75, 3.05) is 20.3 Å². The maximum absolute atomic E-state index is 12.4. The molecule has 29 heavy (non-hydrogen) atoms. The molecule has 0 spiro atoms. The lowest BCUT2D eigenvalue weighted by atomic mass is 9.97. The fourth-order valence-corrected chi connectivity index (χ4v) is 4.19. The summed E-state index contributed by atoms with van der Waals surface area (Å²) in [7, 11) is 1.66. The lowest BCUT2D eigenvalue weighted by molar-refractivity contribution is 0.0519. The second kappa shape index (κ2) is 8.59. The predicted octanol–water partition coefficient (Wildman–Crippen LogP) is 5.63. The van der Waals surface area contributed by atoms with Crippen LogP contribution in [0.3, 0.4) is 0 Å². The van der Waals surface area contributed by atoms with E-state index in [2.05, 4.69) is 20.9 Å². The van der Waals surface area contributed by atoms with Crippen LogP contribution in [-0.2, 0) is 9.47 Å². The van der Waals surface area contributed by atoms with Crippen LogP contribution in [0.4, 0.5) is 0 Å². The Kier molecular flexibility index (Phi) is 5.92. The number of hydrogen-bond donors (Lipinski definition) is 1. The molecule has 0 radical (unpaired) electrons. The Bertz CT molecular complexity index is 1020. The molecule has 5 nitrogen and oxygen atoms in total. The Balaban J connectivity index is 1.81. The van der Waals surface area contributed by atoms with E-state index in [1.807, 2.05) is 42.5 Å². The van der Waals surface area contributed by atoms with Crippen molar-refractivity contribution in [3.63, 3.8) is 0 Å². The van der Waals surface area contributed by atoms with Crippen molar-refractivity contribution in [3.8, 4) is 5.75 Å². The summed E-state index contributed by atoms with van der Waals surface area (Å²) in [4.78, 5) is 15.6. The highest BCUT2D eigenvalue weighted by molar-refractivity contribution is 9.10. The Morgan fingerprint density at radius 2 is 2.03 bits per heavy atom. The third kappa shape index (κ3) is 4.19. The molecule has 0 bridgehead atoms. The number of halogens is 1. The van der Waals surface area contributed by atoms with Crippen molar-refractivity contribution in [2.24, 2.45) is 5.92 Å². The normalized spacial score (nSPS) is 14.7. The minimum atomic E-state index is -0.377. The molecule has 6 heteroatoms. The van der Waals surface area contributed by atoms with Gasteiger partial charge in [-0.1, -0.05) is 24.3 Å². The Morgan fingerprint density at radius 3 is 2.76 bits per heavy atom. The predicted molar refractivity (Wildman–Crippen MR) is 115 cm³/mol. The van der Waals surface area contributed by atoms with Crippen LogP contribution in [0.1, 0.15) is 47.5 Å². The van der Waals surface area contributed by atoms with Crippen LogP contribution in [0.25, 0.3) is 10.9 Å². The number of carbonyl (C=O) groups is 1. The van der Waals surface area contributed by atoms with E-state index in [4.69, 9.17) is 14.2 Å². The van der Waals surface area contributed by atoms with E-state index < -0.39 is 0 Å². The molecular formula is C23H24BrNO4. The third-order valence-electron chi connectivity index (χ3n) is 5.15. The second-order valence-corrected chi connectivity index (χ2v) is 8.03. The number of ether oxygens (including phenoxy) is 3. The second-order valence-electron chi connectivity index (χ2n) is 7.24. The molecule has 0 amide bonds. The number of esters is 1. The number of benzene rings is 2. The van der Waals surface area contributed by atoms with E-state index in [1.165, 1.54) is 12.8 Å². The van der Waals surface area contributed by atoms with Crippen LogP contribution in [0.5, 0.6) is 5.75 Å². The summed E-state index contributed by atoms with van der Waals surface area (Å²) in [5.74, 6) is 1.04. The fourth-order valence-electron chi connectivity index (χ4n) is 3.48. The Labute approximate surface area is 178 Å². The van der Waals surface area contributed by atoms with Crippen molar-refractivity contribution in [1.82, 2.24) is 4.98 Å². The van der Waals surface area contributed by atoms with Gasteiger partial charge in [0.25, 0.3) is 0 Å². The average Bonchev–Trinajstić information content (AvgIpc) is 3.50. The zero-order chi connectivity index (χ0) is 20.4. The topological polar surface area (TPSA) is 60.6 Å². The minimum absolute atomic E-state index is 0.267. The average molecular weight is 458 g/mol. The van der Waals surface area contributed by atoms with Crippen LogP contribution in [0, 0.1) is 5.92 Å². The number of rotatable bonds is 8. The van der Waals surface area contributed by atoms with Crippen LogP contribution in [0.2, 0.25) is 0 Å². The number of aromatic amines is 1. The Hall–Kier alpha value is -2.31. The zero-order valence-electron chi connectivity index (χ0n) is 16.5. The molecule has 1 unspecified atom stereocenters. The number of hydrogen-bond acceptors (Lipinski definition) is 4. The first-order valence-corrected chi connectivity index (χ1v) is 10.6. The van der Waals surface area contributed by atoms with Gasteiger partial charge in [-0.25, -0.2) is 4.79 Å². The van der Waals surface area contributed by atoms with Gasteiger partial charge in [0, 0.05) is 10.9 Å². The third-order valence-corrected chi connectivity index (χ3v) is 5.94. The van der Waals surface area contributed by atoms with Crippen molar-refractivity contribution in [2.45, 2.75) is 25.9 Å². The summed E-state index contributed by atoms with van der Waals surface area (Å²) in [6.45, 7) is 2.83. The molecular weight excluding hydrogens is 434 g/mol. The van der Waals surface area contributed by atoms with E-state index in [0.29, 0.717) is 29.3 Å². The first-order valence-electron chi connectivity index (χ1n) is 9.85. The van der Waals surface area contributed by atoms with Gasteiger partial charge in [0.05, 0.1) is 24.8 Å². The summed E-state index contributed by atoms with van der Waals surface area (Å²) in [5.41, 5.74) is 3.29. The van der Waals surface area contributed by atoms with Crippen molar-refractivity contribution < 1.29 is 19.0 Å². The van der Waals surface area contributed by atoms with Crippen molar-refractivity contribution >= 4 is 32.8 Å². The lowest BCUT2D eigenvalue weighted by Crippen LogP contribution is -2.09. The number of H-pyrrole nitrogens is 1. The highest BCUT2D eigenvalue weighted by atomic mass is 79.9. The molecule has 1 fully saturated rings. The van der Waals surface area contributed by atoms with Gasteiger partial charge >= 0.3 is 5.97 Å². The van der Waals surface area contributed by atoms with Gasteiger partial charge in [0.1, 0.15) is 17.5 Å². The van der Waals surface area contributed by atoms with Gasteiger partial charge in [0.2, 0.25) is 0 Å². The van der Waals surface area contributed by atoms with Crippen LogP contribution >= 0.6 is 15.9 Å². The van der Waals surface area contributed by atoms with E-state index >= 15 is 0 Å². The summed E-state index contributed by atoms with van der Waals surface area (Å²) in [5, 5.41) is 0.930. The van der Waals surface area contributed by atoms with Crippen LogP contribution in [-0.4, -0.2) is 31.3 Å². The smallest absolute Gasteiger partial charge is 0.355 e. The highest BCUT2D eigenvalue weighted by Gasteiger charge is 2.27. The maximum Gasteiger partial charge on any atom is 0.355 e. The van der Waals surface area contributed by atoms with E-state index in [-0.39, 0.29) is 12.1 Å². The molecule has 1 atom stereocenters. The number of carbonyl (C=O) groups excluding carboxylic acids is 1. The van der Waals surface area contributed by atoms with E-state index in [9.17, 15) is 4.79 Å². The maximum atomic E-state index is 12.4. The number of aromatic nitrogens is 1. The standard InChI is InChI=1S/C23H24BrNO4/c1-3-28-23(26)21-20(24)19-17(8-5-9-18(19)25-21)22(29-13-14-10-11-14)15-6-4-7-16(12-15)27-2/h4-9,12,14,22,25H,3,10-11,13H2,1-2H3. The van der Waals surface area contributed by atoms with E-state index in [0.717, 1.165) is 27.8 Å². The summed E-state index contributed by atoms with van der Waals surface area (Å²) in [6, 6.07) is 13.9. The first kappa shape index (κ1) is 20.0. The molecule has 3 aromatic rings. The van der Waals surface area contributed by atoms with E-state index in [1.54, 1.807) is 14.0 Å². The SMILES string of the molecule is CCOC(=O)c1[nH]c2cccc(C(OCC3CC3)c3cccc(OC)c3)c2c1Br. The number of fused-ring (bicyclic) bond motifs is 1. The monoisotopic (exact) mass is 457 g/mol. The van der Waals surface area contributed by atoms with Gasteiger partial charge in [-0.05, 0) is 70.9 Å². The minimum Gasteiger partial charge on any atom is -0.497 e. The Morgan fingerprint density at radius 1 is 1.24 bits per heavy atom. The van der Waals surface area contributed by atoms with Gasteiger partial charge in [0.15, 0.2) is 0 Å². The molecule has 1 heterocycles. The molecule has 4 rings (SSSR count). The highest BCUT2D eigenvalue weighted by Crippen LogP contribution is 2.40.